The average molecular weight is 409 g/mol. The van der Waals surface area contributed by atoms with Crippen LogP contribution in [-0.2, 0) is 9.53 Å². The van der Waals surface area contributed by atoms with Crippen molar-refractivity contribution in [3.8, 4) is 0 Å². The molecule has 2 rings (SSSR count). The Bertz CT molecular complexity index is 783. The van der Waals surface area contributed by atoms with E-state index in [1.807, 2.05) is 0 Å². The van der Waals surface area contributed by atoms with E-state index in [0.29, 0.717) is 15.7 Å². The quantitative estimate of drug-likeness (QED) is 0.583. The predicted octanol–water partition coefficient (Wildman–Crippen LogP) is 3.77. The summed E-state index contributed by atoms with van der Waals surface area (Å²) in [4.78, 5) is 25.7. The second kappa shape index (κ2) is 8.62. The molecule has 0 saturated heterocycles. The lowest BCUT2D eigenvalue weighted by molar-refractivity contribution is -0.142. The van der Waals surface area contributed by atoms with Gasteiger partial charge in [-0.2, -0.15) is 0 Å². The molecule has 1 amide bonds. The Hall–Kier alpha value is -2.41. The zero-order valence-electron chi connectivity index (χ0n) is 13.7. The summed E-state index contributed by atoms with van der Waals surface area (Å²) in [5.74, 6) is -1.47. The maximum atomic E-state index is 14.4. The van der Waals surface area contributed by atoms with Gasteiger partial charge in [-0.25, -0.2) is 4.39 Å². The monoisotopic (exact) mass is 408 g/mol. The normalized spacial score (nSPS) is 10.4. The topological polar surface area (TPSA) is 72.6 Å². The first-order valence-electron chi connectivity index (χ1n) is 7.70. The molecule has 0 aliphatic carbocycles. The number of halogens is 2. The van der Waals surface area contributed by atoms with Crippen LogP contribution in [0.2, 0.25) is 0 Å². The Morgan fingerprint density at radius 2 is 2.00 bits per heavy atom. The standard InChI is InChI=1S/C18H18BrFN2O3/c1-2-25-17(23)8-9-22(16-7-6-13(19)11-15(16)20)18(24)12-4-3-5-14(21)10-12/h3-7,10-11H,2,8-9,21H2,1H3. The van der Waals surface area contributed by atoms with E-state index >= 15 is 0 Å². The summed E-state index contributed by atoms with van der Waals surface area (Å²) in [6, 6.07) is 10.8. The summed E-state index contributed by atoms with van der Waals surface area (Å²) in [6.45, 7) is 1.93. The molecular weight excluding hydrogens is 391 g/mol. The fourth-order valence-corrected chi connectivity index (χ4v) is 2.63. The molecule has 0 heterocycles. The molecule has 0 radical (unpaired) electrons. The van der Waals surface area contributed by atoms with E-state index in [0.717, 1.165) is 0 Å². The van der Waals surface area contributed by atoms with Crippen molar-refractivity contribution in [1.29, 1.82) is 0 Å². The SMILES string of the molecule is CCOC(=O)CCN(C(=O)c1cccc(N)c1)c1ccc(Br)cc1F. The molecular formula is C18H18BrFN2O3. The van der Waals surface area contributed by atoms with Crippen molar-refractivity contribution in [2.75, 3.05) is 23.8 Å². The first-order chi connectivity index (χ1) is 11.9. The molecule has 0 unspecified atom stereocenters. The fraction of sp³-hybridized carbons (Fsp3) is 0.222. The Morgan fingerprint density at radius 3 is 2.64 bits per heavy atom. The van der Waals surface area contributed by atoms with Crippen LogP contribution in [0.1, 0.15) is 23.7 Å². The number of esters is 1. The number of nitrogens with two attached hydrogens (primary N) is 1. The van der Waals surface area contributed by atoms with Gasteiger partial charge in [0.1, 0.15) is 5.82 Å². The number of nitrogen functional groups attached to an aromatic ring is 1. The fourth-order valence-electron chi connectivity index (χ4n) is 2.30. The van der Waals surface area contributed by atoms with Gasteiger partial charge in [0.05, 0.1) is 18.7 Å². The molecule has 2 aromatic rings. The molecule has 0 aliphatic rings. The second-order valence-electron chi connectivity index (χ2n) is 5.23. The van der Waals surface area contributed by atoms with Crippen LogP contribution in [0, 0.1) is 5.82 Å². The molecule has 0 spiro atoms. The summed E-state index contributed by atoms with van der Waals surface area (Å²) >= 11 is 3.19. The number of anilines is 2. The number of rotatable bonds is 6. The number of benzene rings is 2. The highest BCUT2D eigenvalue weighted by molar-refractivity contribution is 9.10. The molecule has 132 valence electrons. The lowest BCUT2D eigenvalue weighted by atomic mass is 10.1. The van der Waals surface area contributed by atoms with E-state index in [4.69, 9.17) is 10.5 Å². The van der Waals surface area contributed by atoms with Crippen LogP contribution in [0.25, 0.3) is 0 Å². The molecule has 7 heteroatoms. The number of carbonyl (C=O) groups excluding carboxylic acids is 2. The second-order valence-corrected chi connectivity index (χ2v) is 6.15. The molecule has 0 bridgehead atoms. The molecule has 0 aliphatic heterocycles. The first kappa shape index (κ1) is 18.9. The zero-order valence-corrected chi connectivity index (χ0v) is 15.3. The minimum Gasteiger partial charge on any atom is -0.466 e. The average Bonchev–Trinajstić information content (AvgIpc) is 2.56. The van der Waals surface area contributed by atoms with Crippen molar-refractivity contribution in [1.82, 2.24) is 0 Å². The van der Waals surface area contributed by atoms with Crippen molar-refractivity contribution in [3.05, 3.63) is 58.3 Å². The van der Waals surface area contributed by atoms with Gasteiger partial charge in [0.25, 0.3) is 5.91 Å². The highest BCUT2D eigenvalue weighted by Crippen LogP contribution is 2.25. The first-order valence-corrected chi connectivity index (χ1v) is 8.49. The van der Waals surface area contributed by atoms with Crippen LogP contribution in [0.4, 0.5) is 15.8 Å². The third kappa shape index (κ3) is 5.03. The summed E-state index contributed by atoms with van der Waals surface area (Å²) in [5, 5.41) is 0. The van der Waals surface area contributed by atoms with Gasteiger partial charge in [-0.05, 0) is 43.3 Å². The van der Waals surface area contributed by atoms with Crippen LogP contribution in [0.5, 0.6) is 0 Å². The van der Waals surface area contributed by atoms with E-state index in [1.54, 1.807) is 31.2 Å². The van der Waals surface area contributed by atoms with Gasteiger partial charge in [0, 0.05) is 22.3 Å². The van der Waals surface area contributed by atoms with Crippen LogP contribution >= 0.6 is 15.9 Å². The smallest absolute Gasteiger partial charge is 0.307 e. The summed E-state index contributed by atoms with van der Waals surface area (Å²) in [6.07, 6.45) is -0.0442. The third-order valence-electron chi connectivity index (χ3n) is 3.42. The third-order valence-corrected chi connectivity index (χ3v) is 3.92. The van der Waals surface area contributed by atoms with Gasteiger partial charge >= 0.3 is 5.97 Å². The van der Waals surface area contributed by atoms with Gasteiger partial charge in [-0.3, -0.25) is 9.59 Å². The van der Waals surface area contributed by atoms with Crippen molar-refractivity contribution < 1.29 is 18.7 Å². The number of ether oxygens (including phenoxy) is 1. The van der Waals surface area contributed by atoms with Crippen molar-refractivity contribution >= 4 is 39.2 Å². The van der Waals surface area contributed by atoms with Crippen molar-refractivity contribution in [2.24, 2.45) is 0 Å². The van der Waals surface area contributed by atoms with Crippen LogP contribution in [-0.4, -0.2) is 25.0 Å². The number of carbonyl (C=O) groups is 2. The highest BCUT2D eigenvalue weighted by atomic mass is 79.9. The molecule has 0 aromatic heterocycles. The number of amides is 1. The Morgan fingerprint density at radius 1 is 1.24 bits per heavy atom. The van der Waals surface area contributed by atoms with Gasteiger partial charge < -0.3 is 15.4 Å². The highest BCUT2D eigenvalue weighted by Gasteiger charge is 2.22. The maximum Gasteiger partial charge on any atom is 0.307 e. The van der Waals surface area contributed by atoms with Gasteiger partial charge in [-0.15, -0.1) is 0 Å². The Kier molecular flexibility index (Phi) is 6.52. The van der Waals surface area contributed by atoms with Crippen molar-refractivity contribution in [3.63, 3.8) is 0 Å². The number of hydrogen-bond donors (Lipinski definition) is 1. The number of nitrogens with zero attached hydrogens (tertiary/aromatic N) is 1. The lowest BCUT2D eigenvalue weighted by Gasteiger charge is -2.23. The van der Waals surface area contributed by atoms with E-state index < -0.39 is 17.7 Å². The van der Waals surface area contributed by atoms with Gasteiger partial charge in [0.15, 0.2) is 0 Å². The zero-order chi connectivity index (χ0) is 18.4. The molecule has 0 atom stereocenters. The lowest BCUT2D eigenvalue weighted by Crippen LogP contribution is -2.34. The van der Waals surface area contributed by atoms with Crippen LogP contribution in [0.15, 0.2) is 46.9 Å². The summed E-state index contributed by atoms with van der Waals surface area (Å²) < 4.78 is 19.8. The van der Waals surface area contributed by atoms with Crippen LogP contribution < -0.4 is 10.6 Å². The molecule has 25 heavy (non-hydrogen) atoms. The molecule has 2 aromatic carbocycles. The van der Waals surface area contributed by atoms with Crippen LogP contribution in [0.3, 0.4) is 0 Å². The van der Waals surface area contributed by atoms with E-state index in [9.17, 15) is 14.0 Å². The Labute approximate surface area is 153 Å². The Balaban J connectivity index is 2.34. The molecule has 0 fully saturated rings. The minimum absolute atomic E-state index is 0.00891. The van der Waals surface area contributed by atoms with E-state index in [-0.39, 0.29) is 25.3 Å². The van der Waals surface area contributed by atoms with Gasteiger partial charge in [-0.1, -0.05) is 22.0 Å². The molecule has 2 N–H and O–H groups in total. The van der Waals surface area contributed by atoms with Crippen molar-refractivity contribution in [2.45, 2.75) is 13.3 Å². The minimum atomic E-state index is -0.574. The van der Waals surface area contributed by atoms with E-state index in [2.05, 4.69) is 15.9 Å². The summed E-state index contributed by atoms with van der Waals surface area (Å²) in [7, 11) is 0. The maximum absolute atomic E-state index is 14.4. The number of hydrogen-bond acceptors (Lipinski definition) is 4. The molecule has 0 saturated carbocycles. The predicted molar refractivity (Wildman–Crippen MR) is 97.9 cm³/mol. The largest absolute Gasteiger partial charge is 0.466 e. The van der Waals surface area contributed by atoms with E-state index in [1.165, 1.54) is 23.1 Å². The van der Waals surface area contributed by atoms with Gasteiger partial charge in [0.2, 0.25) is 0 Å². The summed E-state index contributed by atoms with van der Waals surface area (Å²) in [5.41, 5.74) is 6.54. The molecule has 5 nitrogen and oxygen atoms in total.